The third-order valence-corrected chi connectivity index (χ3v) is 8.95. The number of para-hydroxylation sites is 1. The molecule has 40 heavy (non-hydrogen) atoms. The Morgan fingerprint density at radius 3 is 2.42 bits per heavy atom. The Morgan fingerprint density at radius 2 is 1.77 bits per heavy atom. The zero-order chi connectivity index (χ0) is 28.5. The molecule has 210 valence electrons. The molecule has 8 nitrogen and oxygen atoms in total. The van der Waals surface area contributed by atoms with Gasteiger partial charge in [0.2, 0.25) is 10.0 Å². The average Bonchev–Trinajstić information content (AvgIpc) is 3.40. The van der Waals surface area contributed by atoms with Gasteiger partial charge in [-0.1, -0.05) is 63.4 Å². The van der Waals surface area contributed by atoms with Crippen LogP contribution >= 0.6 is 0 Å². The normalized spacial score (nSPS) is 14.7. The fraction of sp³-hybridized carbons (Fsp3) is 0.387. The second-order valence-corrected chi connectivity index (χ2v) is 12.1. The number of carbonyl (C=O) groups excluding carboxylic acids is 1. The number of amides is 1. The summed E-state index contributed by atoms with van der Waals surface area (Å²) < 4.78 is 30.2. The molecule has 0 bridgehead atoms. The van der Waals surface area contributed by atoms with Gasteiger partial charge in [0.25, 0.3) is 5.91 Å². The summed E-state index contributed by atoms with van der Waals surface area (Å²) >= 11 is 0. The van der Waals surface area contributed by atoms with Crippen molar-refractivity contribution >= 4 is 22.0 Å². The molecular weight excluding hydrogens is 522 g/mol. The van der Waals surface area contributed by atoms with Crippen molar-refractivity contribution in [2.45, 2.75) is 69.7 Å². The van der Waals surface area contributed by atoms with Gasteiger partial charge in [0.05, 0.1) is 10.6 Å². The molecule has 4 rings (SSSR count). The first kappa shape index (κ1) is 29.2. The highest BCUT2D eigenvalue weighted by Crippen LogP contribution is 2.29. The third kappa shape index (κ3) is 6.87. The molecule has 1 aliphatic carbocycles. The molecule has 1 aromatic heterocycles. The van der Waals surface area contributed by atoms with E-state index in [9.17, 15) is 18.5 Å². The van der Waals surface area contributed by atoms with Gasteiger partial charge in [0.1, 0.15) is 17.3 Å². The number of aromatic nitrogens is 2. The number of hydrogen-bond acceptors (Lipinski definition) is 5. The average molecular weight is 560 g/mol. The number of carbonyl (C=O) groups is 1. The molecular formula is C31H37N5O3S. The van der Waals surface area contributed by atoms with Crippen LogP contribution in [0.5, 0.6) is 0 Å². The van der Waals surface area contributed by atoms with Gasteiger partial charge >= 0.3 is 0 Å². The van der Waals surface area contributed by atoms with Crippen molar-refractivity contribution in [2.24, 2.45) is 0 Å². The van der Waals surface area contributed by atoms with E-state index in [4.69, 9.17) is 5.10 Å². The van der Waals surface area contributed by atoms with E-state index in [-0.39, 0.29) is 16.5 Å². The molecule has 0 unspecified atom stereocenters. The molecule has 3 aromatic rings. The van der Waals surface area contributed by atoms with Crippen LogP contribution in [0.25, 0.3) is 23.0 Å². The number of rotatable bonds is 11. The van der Waals surface area contributed by atoms with Crippen molar-refractivity contribution < 1.29 is 13.2 Å². The van der Waals surface area contributed by atoms with Crippen LogP contribution in [0.3, 0.4) is 0 Å². The van der Waals surface area contributed by atoms with Crippen LogP contribution in [0.4, 0.5) is 0 Å². The van der Waals surface area contributed by atoms with Crippen molar-refractivity contribution in [3.05, 3.63) is 71.9 Å². The molecule has 0 spiro atoms. The number of hydrogen-bond donors (Lipinski definition) is 1. The minimum absolute atomic E-state index is 0.0136. The number of nitrogens with one attached hydrogen (secondary N) is 1. The van der Waals surface area contributed by atoms with Gasteiger partial charge in [-0.15, -0.1) is 0 Å². The number of nitriles is 1. The minimum Gasteiger partial charge on any atom is -0.349 e. The highest BCUT2D eigenvalue weighted by atomic mass is 32.2. The van der Waals surface area contributed by atoms with E-state index in [1.165, 1.54) is 10.7 Å². The van der Waals surface area contributed by atoms with Gasteiger partial charge in [-0.25, -0.2) is 13.1 Å². The summed E-state index contributed by atoms with van der Waals surface area (Å²) in [5.41, 5.74) is 2.40. The SMILES string of the molecule is CCCN(CCC)S(=O)(=O)c1cccc(-c2nn(-c3ccccc3)cc2/C=C(/C#N)C(=O)NC2CCCCC2)c1. The molecule has 1 saturated carbocycles. The lowest BCUT2D eigenvalue weighted by molar-refractivity contribution is -0.117. The predicted octanol–water partition coefficient (Wildman–Crippen LogP) is 5.71. The third-order valence-electron chi connectivity index (χ3n) is 7.06. The minimum atomic E-state index is -3.70. The van der Waals surface area contributed by atoms with Gasteiger partial charge < -0.3 is 5.32 Å². The first-order valence-corrected chi connectivity index (χ1v) is 15.5. The first-order chi connectivity index (χ1) is 19.4. The van der Waals surface area contributed by atoms with Crippen molar-refractivity contribution in [3.63, 3.8) is 0 Å². The largest absolute Gasteiger partial charge is 0.349 e. The lowest BCUT2D eigenvalue weighted by Gasteiger charge is -2.22. The van der Waals surface area contributed by atoms with Crippen LogP contribution < -0.4 is 5.32 Å². The summed E-state index contributed by atoms with van der Waals surface area (Å²) in [7, 11) is -3.70. The second kappa shape index (κ2) is 13.6. The van der Waals surface area contributed by atoms with E-state index in [2.05, 4.69) is 11.4 Å². The summed E-state index contributed by atoms with van der Waals surface area (Å²) in [6, 6.07) is 18.3. The van der Waals surface area contributed by atoms with Gasteiger partial charge in [0, 0.05) is 36.5 Å². The molecule has 1 amide bonds. The Morgan fingerprint density at radius 1 is 1.07 bits per heavy atom. The standard InChI is InChI=1S/C31H37N5O3S/c1-3-18-35(19-4-2)40(38,39)29-17-11-12-24(21-29)30-26(23-36(34-30)28-15-9-6-10-16-28)20-25(22-32)31(37)33-27-13-7-5-8-14-27/h6,9-12,15-17,20-21,23,27H,3-5,7-8,13-14,18-19H2,1-2H3,(H,33,37)/b25-20-. The molecule has 1 N–H and O–H groups in total. The lowest BCUT2D eigenvalue weighted by Crippen LogP contribution is -2.36. The highest BCUT2D eigenvalue weighted by molar-refractivity contribution is 7.89. The first-order valence-electron chi connectivity index (χ1n) is 14.1. The van der Waals surface area contributed by atoms with Crippen LogP contribution in [-0.4, -0.2) is 47.5 Å². The molecule has 2 aromatic carbocycles. The Kier molecular flexibility index (Phi) is 9.91. The van der Waals surface area contributed by atoms with Gasteiger partial charge in [-0.3, -0.25) is 4.79 Å². The van der Waals surface area contributed by atoms with Crippen LogP contribution in [0, 0.1) is 11.3 Å². The van der Waals surface area contributed by atoms with E-state index in [1.807, 2.05) is 44.2 Å². The molecule has 0 saturated heterocycles. The Hall–Kier alpha value is -3.74. The van der Waals surface area contributed by atoms with E-state index < -0.39 is 15.9 Å². The maximum atomic E-state index is 13.5. The topological polar surface area (TPSA) is 108 Å². The van der Waals surface area contributed by atoms with Crippen molar-refractivity contribution in [2.75, 3.05) is 13.1 Å². The predicted molar refractivity (Wildman–Crippen MR) is 157 cm³/mol. The highest BCUT2D eigenvalue weighted by Gasteiger charge is 2.25. The maximum Gasteiger partial charge on any atom is 0.262 e. The summed E-state index contributed by atoms with van der Waals surface area (Å²) in [5, 5.41) is 17.7. The van der Waals surface area contributed by atoms with Crippen molar-refractivity contribution in [3.8, 4) is 23.0 Å². The van der Waals surface area contributed by atoms with Crippen molar-refractivity contribution in [1.29, 1.82) is 5.26 Å². The van der Waals surface area contributed by atoms with Crippen LogP contribution in [0.1, 0.15) is 64.4 Å². The summed E-state index contributed by atoms with van der Waals surface area (Å²) in [6.07, 6.45) is 9.86. The molecule has 9 heteroatoms. The molecule has 1 heterocycles. The van der Waals surface area contributed by atoms with Gasteiger partial charge in [-0.2, -0.15) is 14.7 Å². The monoisotopic (exact) mass is 559 g/mol. The van der Waals surface area contributed by atoms with E-state index >= 15 is 0 Å². The van der Waals surface area contributed by atoms with Crippen LogP contribution in [0.15, 0.2) is 71.3 Å². The fourth-order valence-corrected chi connectivity index (χ4v) is 6.72. The molecule has 0 aliphatic heterocycles. The quantitative estimate of drug-likeness (QED) is 0.239. The number of sulfonamides is 1. The maximum absolute atomic E-state index is 13.5. The van der Waals surface area contributed by atoms with E-state index in [0.29, 0.717) is 29.9 Å². The lowest BCUT2D eigenvalue weighted by atomic mass is 9.95. The Labute approximate surface area is 237 Å². The van der Waals surface area contributed by atoms with E-state index in [0.717, 1.165) is 44.2 Å². The molecule has 1 fully saturated rings. The van der Waals surface area contributed by atoms with Crippen molar-refractivity contribution in [1.82, 2.24) is 19.4 Å². The molecule has 0 radical (unpaired) electrons. The second-order valence-electron chi connectivity index (χ2n) is 10.1. The Balaban J connectivity index is 1.76. The summed E-state index contributed by atoms with van der Waals surface area (Å²) in [5.74, 6) is -0.404. The summed E-state index contributed by atoms with van der Waals surface area (Å²) in [6.45, 7) is 4.80. The summed E-state index contributed by atoms with van der Waals surface area (Å²) in [4.78, 5) is 13.2. The molecule has 0 atom stereocenters. The van der Waals surface area contributed by atoms with Crippen LogP contribution in [-0.2, 0) is 14.8 Å². The van der Waals surface area contributed by atoms with Crippen LogP contribution in [0.2, 0.25) is 0 Å². The van der Waals surface area contributed by atoms with Gasteiger partial charge in [-0.05, 0) is 56.0 Å². The zero-order valence-corrected chi connectivity index (χ0v) is 24.0. The Bertz CT molecular complexity index is 1480. The number of nitrogens with zero attached hydrogens (tertiary/aromatic N) is 4. The zero-order valence-electron chi connectivity index (χ0n) is 23.2. The fourth-order valence-electron chi connectivity index (χ4n) is 5.05. The molecule has 1 aliphatic rings. The number of benzene rings is 2. The smallest absolute Gasteiger partial charge is 0.262 e. The van der Waals surface area contributed by atoms with E-state index in [1.54, 1.807) is 41.2 Å². The van der Waals surface area contributed by atoms with Gasteiger partial charge in [0.15, 0.2) is 0 Å².